The Bertz CT molecular complexity index is 477. The zero-order chi connectivity index (χ0) is 14.8. The van der Waals surface area contributed by atoms with Gasteiger partial charge in [-0.1, -0.05) is 17.7 Å². The van der Waals surface area contributed by atoms with Crippen LogP contribution in [0.4, 0.5) is 5.69 Å². The van der Waals surface area contributed by atoms with E-state index in [1.54, 1.807) is 0 Å². The summed E-state index contributed by atoms with van der Waals surface area (Å²) in [5, 5.41) is 0.872. The molecule has 1 saturated carbocycles. The first-order chi connectivity index (χ1) is 10.1. The maximum atomic E-state index is 6.23. The van der Waals surface area contributed by atoms with Crippen molar-refractivity contribution in [2.75, 3.05) is 37.6 Å². The lowest BCUT2D eigenvalue weighted by atomic mass is 9.79. The van der Waals surface area contributed by atoms with Gasteiger partial charge in [0.25, 0.3) is 0 Å². The van der Waals surface area contributed by atoms with Crippen molar-refractivity contribution in [1.29, 1.82) is 0 Å². The Morgan fingerprint density at radius 2 is 1.90 bits per heavy atom. The number of nitrogens with zero attached hydrogens (tertiary/aromatic N) is 2. The van der Waals surface area contributed by atoms with Crippen LogP contribution in [0, 0.1) is 12.8 Å². The first-order valence-electron chi connectivity index (χ1n) is 8.11. The molecule has 1 heterocycles. The molecule has 0 radical (unpaired) electrons. The van der Waals surface area contributed by atoms with Gasteiger partial charge in [0.1, 0.15) is 0 Å². The van der Waals surface area contributed by atoms with E-state index >= 15 is 0 Å². The van der Waals surface area contributed by atoms with E-state index in [1.165, 1.54) is 37.1 Å². The number of hydrogen-bond donors (Lipinski definition) is 1. The molecule has 1 saturated heterocycles. The number of hydrogen-bond acceptors (Lipinski definition) is 3. The van der Waals surface area contributed by atoms with E-state index < -0.39 is 0 Å². The molecule has 1 aliphatic carbocycles. The minimum absolute atomic E-state index is 0.484. The quantitative estimate of drug-likeness (QED) is 0.928. The third-order valence-electron chi connectivity index (χ3n) is 5.08. The molecule has 3 nitrogen and oxygen atoms in total. The molecule has 21 heavy (non-hydrogen) atoms. The highest BCUT2D eigenvalue weighted by atomic mass is 35.5. The van der Waals surface area contributed by atoms with E-state index in [0.29, 0.717) is 6.04 Å². The van der Waals surface area contributed by atoms with Crippen LogP contribution in [0.3, 0.4) is 0 Å². The summed E-state index contributed by atoms with van der Waals surface area (Å²) in [6.07, 6.45) is 3.80. The van der Waals surface area contributed by atoms with Gasteiger partial charge in [0.15, 0.2) is 0 Å². The summed E-state index contributed by atoms with van der Waals surface area (Å²) in [5.41, 5.74) is 8.36. The predicted molar refractivity (Wildman–Crippen MR) is 90.2 cm³/mol. The van der Waals surface area contributed by atoms with Crippen LogP contribution in [0.1, 0.15) is 24.8 Å². The molecule has 3 rings (SSSR count). The summed E-state index contributed by atoms with van der Waals surface area (Å²) >= 11 is 6.23. The molecular weight excluding hydrogens is 282 g/mol. The second-order valence-corrected chi connectivity index (χ2v) is 7.01. The van der Waals surface area contributed by atoms with Crippen molar-refractivity contribution in [2.24, 2.45) is 11.7 Å². The van der Waals surface area contributed by atoms with Gasteiger partial charge in [-0.15, -0.1) is 0 Å². The highest BCUT2D eigenvalue weighted by molar-refractivity contribution is 6.31. The zero-order valence-electron chi connectivity index (χ0n) is 12.9. The van der Waals surface area contributed by atoms with Crippen molar-refractivity contribution in [3.05, 3.63) is 28.8 Å². The van der Waals surface area contributed by atoms with Crippen LogP contribution in [0.25, 0.3) is 0 Å². The molecule has 0 atom stereocenters. The lowest BCUT2D eigenvalue weighted by Gasteiger charge is -2.39. The number of piperazine rings is 1. The van der Waals surface area contributed by atoms with E-state index in [2.05, 4.69) is 28.9 Å². The van der Waals surface area contributed by atoms with Crippen molar-refractivity contribution in [3.63, 3.8) is 0 Å². The van der Waals surface area contributed by atoms with Gasteiger partial charge in [0.05, 0.1) is 0 Å². The molecule has 0 spiro atoms. The second kappa shape index (κ2) is 6.55. The Balaban J connectivity index is 1.47. The van der Waals surface area contributed by atoms with Crippen LogP contribution in [-0.2, 0) is 0 Å². The Labute approximate surface area is 133 Å². The molecule has 0 unspecified atom stereocenters. The molecule has 0 aromatic heterocycles. The lowest BCUT2D eigenvalue weighted by Crippen LogP contribution is -2.47. The van der Waals surface area contributed by atoms with Gasteiger partial charge in [-0.2, -0.15) is 0 Å². The maximum Gasteiger partial charge on any atom is 0.0455 e. The minimum atomic E-state index is 0.484. The fourth-order valence-corrected chi connectivity index (χ4v) is 3.71. The van der Waals surface area contributed by atoms with Crippen LogP contribution in [0.15, 0.2) is 18.2 Å². The standard InChI is InChI=1S/C17H26ClN3/c1-13-16(18)3-2-4-17(13)21-9-7-20(8-10-21)6-5-14-11-15(19)12-14/h2-4,14-15H,5-12,19H2,1H3. The van der Waals surface area contributed by atoms with Gasteiger partial charge in [0, 0.05) is 42.9 Å². The molecule has 1 aliphatic heterocycles. The third-order valence-corrected chi connectivity index (χ3v) is 5.49. The normalized spacial score (nSPS) is 26.7. The van der Waals surface area contributed by atoms with Crippen LogP contribution in [0.5, 0.6) is 0 Å². The molecule has 0 bridgehead atoms. The number of halogens is 1. The van der Waals surface area contributed by atoms with Crippen LogP contribution in [0.2, 0.25) is 5.02 Å². The van der Waals surface area contributed by atoms with Crippen molar-refractivity contribution in [1.82, 2.24) is 4.90 Å². The van der Waals surface area contributed by atoms with E-state index in [1.807, 2.05) is 6.07 Å². The molecule has 116 valence electrons. The first kappa shape index (κ1) is 15.1. The smallest absolute Gasteiger partial charge is 0.0455 e. The molecule has 1 aromatic rings. The summed E-state index contributed by atoms with van der Waals surface area (Å²) in [7, 11) is 0. The second-order valence-electron chi connectivity index (χ2n) is 6.60. The third kappa shape index (κ3) is 3.53. The lowest BCUT2D eigenvalue weighted by molar-refractivity contribution is 0.189. The average Bonchev–Trinajstić information content (AvgIpc) is 2.46. The summed E-state index contributed by atoms with van der Waals surface area (Å²) in [5.74, 6) is 0.883. The van der Waals surface area contributed by atoms with Gasteiger partial charge in [-0.3, -0.25) is 4.90 Å². The van der Waals surface area contributed by atoms with Crippen molar-refractivity contribution in [2.45, 2.75) is 32.2 Å². The highest BCUT2D eigenvalue weighted by Gasteiger charge is 2.26. The molecule has 1 aromatic carbocycles. The number of nitrogens with two attached hydrogens (primary N) is 1. The number of anilines is 1. The molecule has 2 N–H and O–H groups in total. The molecular formula is C17H26ClN3. The summed E-state index contributed by atoms with van der Waals surface area (Å²) in [6, 6.07) is 6.70. The average molecular weight is 308 g/mol. The number of rotatable bonds is 4. The summed E-state index contributed by atoms with van der Waals surface area (Å²) in [6.45, 7) is 7.87. The van der Waals surface area contributed by atoms with Crippen molar-refractivity contribution < 1.29 is 0 Å². The maximum absolute atomic E-state index is 6.23. The van der Waals surface area contributed by atoms with Crippen molar-refractivity contribution in [3.8, 4) is 0 Å². The predicted octanol–water partition coefficient (Wildman–Crippen LogP) is 2.90. The van der Waals surface area contributed by atoms with E-state index in [9.17, 15) is 0 Å². The monoisotopic (exact) mass is 307 g/mol. The molecule has 0 amide bonds. The van der Waals surface area contributed by atoms with E-state index in [4.69, 9.17) is 17.3 Å². The first-order valence-corrected chi connectivity index (χ1v) is 8.49. The number of benzene rings is 1. The van der Waals surface area contributed by atoms with Crippen LogP contribution in [-0.4, -0.2) is 43.7 Å². The fraction of sp³-hybridized carbons (Fsp3) is 0.647. The Hall–Kier alpha value is -0.770. The Morgan fingerprint density at radius 3 is 2.57 bits per heavy atom. The molecule has 4 heteroatoms. The van der Waals surface area contributed by atoms with Crippen molar-refractivity contribution >= 4 is 17.3 Å². The summed E-state index contributed by atoms with van der Waals surface area (Å²) < 4.78 is 0. The fourth-order valence-electron chi connectivity index (χ4n) is 3.54. The van der Waals surface area contributed by atoms with Gasteiger partial charge in [-0.05, 0) is 56.3 Å². The van der Waals surface area contributed by atoms with E-state index in [-0.39, 0.29) is 0 Å². The summed E-state index contributed by atoms with van der Waals surface area (Å²) in [4.78, 5) is 5.07. The highest BCUT2D eigenvalue weighted by Crippen LogP contribution is 2.30. The van der Waals surface area contributed by atoms with Gasteiger partial charge >= 0.3 is 0 Å². The zero-order valence-corrected chi connectivity index (χ0v) is 13.6. The largest absolute Gasteiger partial charge is 0.369 e. The SMILES string of the molecule is Cc1c(Cl)cccc1N1CCN(CCC2CC(N)C2)CC1. The topological polar surface area (TPSA) is 32.5 Å². The van der Waals surface area contributed by atoms with Crippen LogP contribution >= 0.6 is 11.6 Å². The Morgan fingerprint density at radius 1 is 1.19 bits per heavy atom. The molecule has 2 aliphatic rings. The van der Waals surface area contributed by atoms with Gasteiger partial charge in [-0.25, -0.2) is 0 Å². The van der Waals surface area contributed by atoms with E-state index in [0.717, 1.165) is 37.1 Å². The van der Waals surface area contributed by atoms with Gasteiger partial charge in [0.2, 0.25) is 0 Å². The Kier molecular flexibility index (Phi) is 4.72. The molecule has 2 fully saturated rings. The van der Waals surface area contributed by atoms with Gasteiger partial charge < -0.3 is 10.6 Å². The van der Waals surface area contributed by atoms with Crippen LogP contribution < -0.4 is 10.6 Å². The minimum Gasteiger partial charge on any atom is -0.369 e.